The molecule has 0 aromatic heterocycles. The van der Waals surface area contributed by atoms with E-state index in [4.69, 9.17) is 16.3 Å². The van der Waals surface area contributed by atoms with Crippen molar-refractivity contribution in [1.82, 2.24) is 0 Å². The van der Waals surface area contributed by atoms with Gasteiger partial charge in [-0.1, -0.05) is 42.8 Å². The molecule has 1 amide bonds. The number of sulfone groups is 1. The maximum atomic E-state index is 12.3. The standard InChI is InChI=1S/C22H20ClNO4S/c1-2-29(26,27)19-13-7-16(8-14-19)15-22(25)24-17-9-11-18(12-10-17)28-21-6-4-3-5-20(21)23/h3-14H,2,15H2,1H3,(H,24,25). The number of amides is 1. The molecular formula is C22H20ClNO4S. The van der Waals surface area contributed by atoms with Crippen molar-refractivity contribution >= 4 is 33.0 Å². The Morgan fingerprint density at radius 3 is 2.24 bits per heavy atom. The van der Waals surface area contributed by atoms with Gasteiger partial charge in [-0.25, -0.2) is 8.42 Å². The Bertz CT molecular complexity index is 1090. The third-order valence-corrected chi connectivity index (χ3v) is 6.29. The van der Waals surface area contributed by atoms with Gasteiger partial charge in [-0.15, -0.1) is 0 Å². The van der Waals surface area contributed by atoms with Crippen LogP contribution in [0.2, 0.25) is 5.02 Å². The molecule has 5 nitrogen and oxygen atoms in total. The third kappa shape index (κ3) is 5.59. The lowest BCUT2D eigenvalue weighted by molar-refractivity contribution is -0.115. The van der Waals surface area contributed by atoms with E-state index in [-0.39, 0.29) is 23.0 Å². The summed E-state index contributed by atoms with van der Waals surface area (Å²) in [6, 6.07) is 20.5. The van der Waals surface area contributed by atoms with Crippen LogP contribution in [0.25, 0.3) is 0 Å². The second kappa shape index (κ2) is 9.11. The molecule has 0 aliphatic heterocycles. The van der Waals surface area contributed by atoms with Crippen LogP contribution in [0, 0.1) is 0 Å². The summed E-state index contributed by atoms with van der Waals surface area (Å²) in [6.07, 6.45) is 0.143. The molecule has 0 fully saturated rings. The molecule has 0 unspecified atom stereocenters. The average Bonchev–Trinajstić information content (AvgIpc) is 2.71. The highest BCUT2D eigenvalue weighted by Gasteiger charge is 2.12. The lowest BCUT2D eigenvalue weighted by atomic mass is 10.1. The maximum absolute atomic E-state index is 12.3. The fourth-order valence-electron chi connectivity index (χ4n) is 2.63. The van der Waals surface area contributed by atoms with Gasteiger partial charge in [-0.3, -0.25) is 4.79 Å². The number of halogens is 1. The Morgan fingerprint density at radius 1 is 0.966 bits per heavy atom. The van der Waals surface area contributed by atoms with Gasteiger partial charge < -0.3 is 10.1 Å². The van der Waals surface area contributed by atoms with Crippen LogP contribution in [0.3, 0.4) is 0 Å². The minimum absolute atomic E-state index is 0.0447. The zero-order chi connectivity index (χ0) is 20.9. The van der Waals surface area contributed by atoms with Crippen LogP contribution in [-0.4, -0.2) is 20.1 Å². The first-order valence-corrected chi connectivity index (χ1v) is 11.0. The van der Waals surface area contributed by atoms with Crippen LogP contribution in [-0.2, 0) is 21.1 Å². The van der Waals surface area contributed by atoms with Crippen molar-refractivity contribution in [3.8, 4) is 11.5 Å². The van der Waals surface area contributed by atoms with E-state index in [0.717, 1.165) is 5.56 Å². The summed E-state index contributed by atoms with van der Waals surface area (Å²) >= 11 is 6.08. The molecule has 0 radical (unpaired) electrons. The van der Waals surface area contributed by atoms with Gasteiger partial charge in [0.05, 0.1) is 22.1 Å². The number of hydrogen-bond donors (Lipinski definition) is 1. The van der Waals surface area contributed by atoms with E-state index in [0.29, 0.717) is 22.2 Å². The smallest absolute Gasteiger partial charge is 0.228 e. The maximum Gasteiger partial charge on any atom is 0.228 e. The number of para-hydroxylation sites is 1. The lowest BCUT2D eigenvalue weighted by Crippen LogP contribution is -2.14. The van der Waals surface area contributed by atoms with Crippen LogP contribution < -0.4 is 10.1 Å². The number of rotatable bonds is 7. The Morgan fingerprint density at radius 2 is 1.62 bits per heavy atom. The van der Waals surface area contributed by atoms with Crippen LogP contribution in [0.5, 0.6) is 11.5 Å². The van der Waals surface area contributed by atoms with Crippen molar-refractivity contribution in [3.63, 3.8) is 0 Å². The quantitative estimate of drug-likeness (QED) is 0.566. The molecule has 3 aromatic carbocycles. The number of carbonyl (C=O) groups is 1. The van der Waals surface area contributed by atoms with Crippen molar-refractivity contribution < 1.29 is 17.9 Å². The highest BCUT2D eigenvalue weighted by Crippen LogP contribution is 2.29. The average molecular weight is 430 g/mol. The summed E-state index contributed by atoms with van der Waals surface area (Å²) in [6.45, 7) is 1.60. The Hall–Kier alpha value is -2.83. The van der Waals surface area contributed by atoms with E-state index in [2.05, 4.69) is 5.32 Å². The zero-order valence-corrected chi connectivity index (χ0v) is 17.3. The van der Waals surface area contributed by atoms with Gasteiger partial charge >= 0.3 is 0 Å². The van der Waals surface area contributed by atoms with Gasteiger partial charge in [-0.2, -0.15) is 0 Å². The largest absolute Gasteiger partial charge is 0.456 e. The second-order valence-corrected chi connectivity index (χ2v) is 9.01. The Labute approximate surface area is 175 Å². The van der Waals surface area contributed by atoms with Crippen molar-refractivity contribution in [2.75, 3.05) is 11.1 Å². The van der Waals surface area contributed by atoms with Crippen LogP contribution >= 0.6 is 11.6 Å². The molecule has 7 heteroatoms. The van der Waals surface area contributed by atoms with Crippen molar-refractivity contribution in [3.05, 3.63) is 83.4 Å². The van der Waals surface area contributed by atoms with Gasteiger partial charge in [0.1, 0.15) is 11.5 Å². The zero-order valence-electron chi connectivity index (χ0n) is 15.8. The number of benzene rings is 3. The highest BCUT2D eigenvalue weighted by atomic mass is 35.5. The molecule has 150 valence electrons. The first kappa shape index (κ1) is 20.9. The van der Waals surface area contributed by atoms with Crippen LogP contribution in [0.15, 0.2) is 77.7 Å². The van der Waals surface area contributed by atoms with E-state index in [9.17, 15) is 13.2 Å². The van der Waals surface area contributed by atoms with E-state index >= 15 is 0 Å². The van der Waals surface area contributed by atoms with Crippen LogP contribution in [0.1, 0.15) is 12.5 Å². The van der Waals surface area contributed by atoms with Crippen molar-refractivity contribution in [1.29, 1.82) is 0 Å². The summed E-state index contributed by atoms with van der Waals surface area (Å²) in [5.41, 5.74) is 1.36. The van der Waals surface area contributed by atoms with E-state index in [1.165, 1.54) is 12.1 Å². The molecule has 3 rings (SSSR count). The van der Waals surface area contributed by atoms with E-state index < -0.39 is 9.84 Å². The number of nitrogens with one attached hydrogen (secondary N) is 1. The fraction of sp³-hybridized carbons (Fsp3) is 0.136. The SMILES string of the molecule is CCS(=O)(=O)c1ccc(CC(=O)Nc2ccc(Oc3ccccc3Cl)cc2)cc1. The Kier molecular flexibility index (Phi) is 6.56. The molecule has 29 heavy (non-hydrogen) atoms. The second-order valence-electron chi connectivity index (χ2n) is 6.33. The molecule has 3 aromatic rings. The number of ether oxygens (including phenoxy) is 1. The summed E-state index contributed by atoms with van der Waals surface area (Å²) in [7, 11) is -3.24. The van der Waals surface area contributed by atoms with E-state index in [1.54, 1.807) is 55.5 Å². The molecule has 0 heterocycles. The molecule has 0 saturated heterocycles. The molecule has 0 bridgehead atoms. The molecule has 0 aliphatic rings. The predicted molar refractivity (Wildman–Crippen MR) is 114 cm³/mol. The Balaban J connectivity index is 1.59. The summed E-state index contributed by atoms with van der Waals surface area (Å²) in [5, 5.41) is 3.33. The summed E-state index contributed by atoms with van der Waals surface area (Å²) in [4.78, 5) is 12.5. The third-order valence-electron chi connectivity index (χ3n) is 4.23. The highest BCUT2D eigenvalue weighted by molar-refractivity contribution is 7.91. The monoisotopic (exact) mass is 429 g/mol. The number of carbonyl (C=O) groups excluding carboxylic acids is 1. The first-order valence-electron chi connectivity index (χ1n) is 9.01. The molecule has 0 saturated carbocycles. The van der Waals surface area contributed by atoms with Gasteiger partial charge in [0, 0.05) is 5.69 Å². The van der Waals surface area contributed by atoms with Crippen molar-refractivity contribution in [2.24, 2.45) is 0 Å². The molecule has 1 N–H and O–H groups in total. The molecule has 0 aliphatic carbocycles. The molecule has 0 atom stereocenters. The van der Waals surface area contributed by atoms with Gasteiger partial charge in [0.25, 0.3) is 0 Å². The van der Waals surface area contributed by atoms with Gasteiger partial charge in [0.15, 0.2) is 9.84 Å². The first-order chi connectivity index (χ1) is 13.9. The lowest BCUT2D eigenvalue weighted by Gasteiger charge is -2.09. The topological polar surface area (TPSA) is 72.5 Å². The van der Waals surface area contributed by atoms with Crippen molar-refractivity contribution in [2.45, 2.75) is 18.2 Å². The van der Waals surface area contributed by atoms with Gasteiger partial charge in [-0.05, 0) is 54.1 Å². The van der Waals surface area contributed by atoms with Crippen LogP contribution in [0.4, 0.5) is 5.69 Å². The predicted octanol–water partition coefficient (Wildman–Crippen LogP) is 5.11. The normalized spacial score (nSPS) is 11.1. The number of hydrogen-bond acceptors (Lipinski definition) is 4. The molecule has 0 spiro atoms. The number of anilines is 1. The van der Waals surface area contributed by atoms with E-state index in [1.807, 2.05) is 12.1 Å². The fourth-order valence-corrected chi connectivity index (χ4v) is 3.69. The summed E-state index contributed by atoms with van der Waals surface area (Å²) < 4.78 is 29.4. The minimum atomic E-state index is -3.24. The molecular weight excluding hydrogens is 410 g/mol. The minimum Gasteiger partial charge on any atom is -0.456 e. The van der Waals surface area contributed by atoms with Gasteiger partial charge in [0.2, 0.25) is 5.91 Å². The summed E-state index contributed by atoms with van der Waals surface area (Å²) in [5.74, 6) is 1.00.